The molecule has 0 atom stereocenters. The largest absolute Gasteiger partial charge is 0.495 e. The van der Waals surface area contributed by atoms with Crippen LogP contribution in [-0.4, -0.2) is 17.6 Å². The molecule has 0 bridgehead atoms. The van der Waals surface area contributed by atoms with Crippen LogP contribution in [0.1, 0.15) is 51.3 Å². The van der Waals surface area contributed by atoms with Crippen molar-refractivity contribution in [3.05, 3.63) is 81.7 Å². The van der Waals surface area contributed by atoms with Crippen LogP contribution in [0.5, 0.6) is 5.75 Å². The van der Waals surface area contributed by atoms with Crippen molar-refractivity contribution in [2.75, 3.05) is 12.4 Å². The van der Waals surface area contributed by atoms with Crippen molar-refractivity contribution in [3.63, 3.8) is 0 Å². The van der Waals surface area contributed by atoms with Gasteiger partial charge in [0.1, 0.15) is 11.4 Å². The third kappa shape index (κ3) is 4.07. The quantitative estimate of drug-likeness (QED) is 0.582. The molecule has 31 heavy (non-hydrogen) atoms. The molecule has 0 saturated carbocycles. The third-order valence-electron chi connectivity index (χ3n) is 5.99. The monoisotopic (exact) mass is 424 g/mol. The van der Waals surface area contributed by atoms with Crippen molar-refractivity contribution < 1.29 is 18.3 Å². The maximum absolute atomic E-state index is 13.8. The van der Waals surface area contributed by atoms with E-state index in [1.165, 1.54) is 11.6 Å². The number of nitrogens with zero attached hydrogens (tertiary/aromatic N) is 1. The van der Waals surface area contributed by atoms with Crippen molar-refractivity contribution in [1.29, 1.82) is 0 Å². The van der Waals surface area contributed by atoms with Crippen LogP contribution in [0.2, 0.25) is 0 Å². The fraction of sp³-hybridized carbons (Fsp3) is 0.320. The Kier molecular flexibility index (Phi) is 5.81. The number of aryl methyl sites for hydroxylation is 1. The predicted octanol–water partition coefficient (Wildman–Crippen LogP) is 5.57. The summed E-state index contributed by atoms with van der Waals surface area (Å²) < 4.78 is 34.6. The number of anilines is 1. The average molecular weight is 424 g/mol. The van der Waals surface area contributed by atoms with Gasteiger partial charge in [-0.15, -0.1) is 0 Å². The number of hydrogen-bond donors (Lipinski definition) is 1. The molecule has 4 nitrogen and oxygen atoms in total. The molecule has 6 heteroatoms. The Balaban J connectivity index is 1.76. The lowest BCUT2D eigenvalue weighted by Gasteiger charge is -2.18. The molecule has 162 valence electrons. The second-order valence-electron chi connectivity index (χ2n) is 8.10. The molecular formula is C25H26F2N2O2. The zero-order valence-electron chi connectivity index (χ0n) is 18.0. The second-order valence-corrected chi connectivity index (χ2v) is 8.10. The highest BCUT2D eigenvalue weighted by atomic mass is 19.2. The van der Waals surface area contributed by atoms with E-state index in [1.54, 1.807) is 13.2 Å². The molecule has 0 spiro atoms. The van der Waals surface area contributed by atoms with Crippen LogP contribution in [0.25, 0.3) is 0 Å². The Morgan fingerprint density at radius 2 is 1.84 bits per heavy atom. The molecule has 1 N–H and O–H groups in total. The van der Waals surface area contributed by atoms with Gasteiger partial charge in [0.15, 0.2) is 11.6 Å². The topological polar surface area (TPSA) is 43.3 Å². The Labute approximate surface area is 180 Å². The number of carbonyl (C=O) groups is 1. The van der Waals surface area contributed by atoms with Crippen molar-refractivity contribution >= 4 is 11.6 Å². The fourth-order valence-corrected chi connectivity index (χ4v) is 4.46. The van der Waals surface area contributed by atoms with Crippen LogP contribution in [0, 0.1) is 25.5 Å². The molecular weight excluding hydrogens is 398 g/mol. The number of methoxy groups -OCH3 is 1. The van der Waals surface area contributed by atoms with E-state index < -0.39 is 11.6 Å². The minimum atomic E-state index is -0.884. The van der Waals surface area contributed by atoms with Gasteiger partial charge in [0.25, 0.3) is 5.91 Å². The zero-order chi connectivity index (χ0) is 22.1. The Hall–Kier alpha value is -3.15. The first-order chi connectivity index (χ1) is 14.9. The Bertz CT molecular complexity index is 1150. The Morgan fingerprint density at radius 3 is 2.58 bits per heavy atom. The molecule has 1 amide bonds. The van der Waals surface area contributed by atoms with E-state index in [-0.39, 0.29) is 5.91 Å². The van der Waals surface area contributed by atoms with E-state index in [0.717, 1.165) is 48.6 Å². The van der Waals surface area contributed by atoms with Gasteiger partial charge in [-0.05, 0) is 86.1 Å². The number of rotatable bonds is 5. The smallest absolute Gasteiger partial charge is 0.272 e. The van der Waals surface area contributed by atoms with Crippen LogP contribution in [0.4, 0.5) is 14.5 Å². The van der Waals surface area contributed by atoms with Gasteiger partial charge in [0.05, 0.1) is 12.8 Å². The first-order valence-electron chi connectivity index (χ1n) is 10.5. The van der Waals surface area contributed by atoms with E-state index in [2.05, 4.69) is 5.32 Å². The van der Waals surface area contributed by atoms with Gasteiger partial charge < -0.3 is 14.6 Å². The van der Waals surface area contributed by atoms with Gasteiger partial charge in [-0.25, -0.2) is 8.78 Å². The van der Waals surface area contributed by atoms with Gasteiger partial charge in [0.2, 0.25) is 0 Å². The number of benzene rings is 2. The highest BCUT2D eigenvalue weighted by Gasteiger charge is 2.27. The number of ether oxygens (including phenoxy) is 1. The summed E-state index contributed by atoms with van der Waals surface area (Å²) in [4.78, 5) is 13.4. The summed E-state index contributed by atoms with van der Waals surface area (Å²) in [6.07, 6.45) is 3.90. The van der Waals surface area contributed by atoms with Crippen LogP contribution in [0.3, 0.4) is 0 Å². The molecule has 4 rings (SSSR count). The van der Waals surface area contributed by atoms with Gasteiger partial charge in [0, 0.05) is 12.2 Å². The van der Waals surface area contributed by atoms with Gasteiger partial charge in [-0.3, -0.25) is 4.79 Å². The average Bonchev–Trinajstić information content (AvgIpc) is 3.03. The molecule has 0 radical (unpaired) electrons. The number of amides is 1. The molecule has 0 aliphatic heterocycles. The lowest BCUT2D eigenvalue weighted by Crippen LogP contribution is -2.20. The van der Waals surface area contributed by atoms with Gasteiger partial charge >= 0.3 is 0 Å². The second kappa shape index (κ2) is 8.53. The molecule has 0 unspecified atom stereocenters. The molecule has 1 aliphatic carbocycles. The summed E-state index contributed by atoms with van der Waals surface area (Å²) in [7, 11) is 1.57. The first-order valence-corrected chi connectivity index (χ1v) is 10.5. The first kappa shape index (κ1) is 21.1. The fourth-order valence-electron chi connectivity index (χ4n) is 4.46. The SMILES string of the molecule is COc1ccc(C)cc1NC(=O)c1c(C)c2c(n1Cc1ccc(F)c(F)c1)CCCC2. The number of nitrogens with one attached hydrogen (secondary N) is 1. The molecule has 0 saturated heterocycles. The maximum atomic E-state index is 13.8. The van der Waals surface area contributed by atoms with E-state index >= 15 is 0 Å². The minimum absolute atomic E-state index is 0.238. The predicted molar refractivity (Wildman–Crippen MR) is 117 cm³/mol. The lowest BCUT2D eigenvalue weighted by molar-refractivity contribution is 0.101. The third-order valence-corrected chi connectivity index (χ3v) is 5.99. The normalized spacial score (nSPS) is 13.1. The van der Waals surface area contributed by atoms with Crippen molar-refractivity contribution in [1.82, 2.24) is 4.57 Å². The van der Waals surface area contributed by atoms with E-state index in [0.29, 0.717) is 29.2 Å². The summed E-state index contributed by atoms with van der Waals surface area (Å²) in [5.41, 5.74) is 6.02. The summed E-state index contributed by atoms with van der Waals surface area (Å²) in [5.74, 6) is -1.41. The molecule has 2 aromatic carbocycles. The summed E-state index contributed by atoms with van der Waals surface area (Å²) in [5, 5.41) is 3.00. The van der Waals surface area contributed by atoms with E-state index in [9.17, 15) is 13.6 Å². The molecule has 3 aromatic rings. The molecule has 1 aliphatic rings. The Morgan fingerprint density at radius 1 is 1.06 bits per heavy atom. The molecule has 1 heterocycles. The molecule has 1 aromatic heterocycles. The van der Waals surface area contributed by atoms with Crippen LogP contribution >= 0.6 is 0 Å². The van der Waals surface area contributed by atoms with Gasteiger partial charge in [-0.1, -0.05) is 12.1 Å². The summed E-state index contributed by atoms with van der Waals surface area (Å²) in [6, 6.07) is 9.51. The van der Waals surface area contributed by atoms with Crippen molar-refractivity contribution in [3.8, 4) is 5.75 Å². The molecule has 0 fully saturated rings. The summed E-state index contributed by atoms with van der Waals surface area (Å²) >= 11 is 0. The maximum Gasteiger partial charge on any atom is 0.272 e. The minimum Gasteiger partial charge on any atom is -0.495 e. The number of aromatic nitrogens is 1. The number of hydrogen-bond acceptors (Lipinski definition) is 2. The number of carbonyl (C=O) groups excluding carboxylic acids is 1. The summed E-state index contributed by atoms with van der Waals surface area (Å²) in [6.45, 7) is 4.22. The highest BCUT2D eigenvalue weighted by Crippen LogP contribution is 2.32. The standard InChI is InChI=1S/C25H26F2N2O2/c1-15-8-11-23(31-3)21(12-15)28-25(30)24-16(2)18-6-4-5-7-22(18)29(24)14-17-9-10-19(26)20(27)13-17/h8-13H,4-7,14H2,1-3H3,(H,28,30). The van der Waals surface area contributed by atoms with Crippen LogP contribution in [-0.2, 0) is 19.4 Å². The van der Waals surface area contributed by atoms with Crippen LogP contribution < -0.4 is 10.1 Å². The highest BCUT2D eigenvalue weighted by molar-refractivity contribution is 6.05. The lowest BCUT2D eigenvalue weighted by atomic mass is 9.95. The number of halogens is 2. The van der Waals surface area contributed by atoms with E-state index in [1.807, 2.05) is 36.6 Å². The van der Waals surface area contributed by atoms with E-state index in [4.69, 9.17) is 4.74 Å². The number of fused-ring (bicyclic) bond motifs is 1. The van der Waals surface area contributed by atoms with Crippen LogP contribution in [0.15, 0.2) is 36.4 Å². The van der Waals surface area contributed by atoms with Crippen molar-refractivity contribution in [2.24, 2.45) is 0 Å². The van der Waals surface area contributed by atoms with Crippen molar-refractivity contribution in [2.45, 2.75) is 46.1 Å². The zero-order valence-corrected chi connectivity index (χ0v) is 18.0. The van der Waals surface area contributed by atoms with Gasteiger partial charge in [-0.2, -0.15) is 0 Å².